The monoisotopic (exact) mass is 268 g/mol. The fourth-order valence-corrected chi connectivity index (χ4v) is 1.55. The molecule has 1 atom stereocenters. The van der Waals surface area contributed by atoms with Crippen molar-refractivity contribution in [1.82, 2.24) is 10.3 Å². The van der Waals surface area contributed by atoms with E-state index in [0.717, 1.165) is 12.2 Å². The maximum atomic E-state index is 5.45. The van der Waals surface area contributed by atoms with Crippen LogP contribution in [-0.2, 0) is 14.2 Å². The van der Waals surface area contributed by atoms with E-state index >= 15 is 0 Å². The highest BCUT2D eigenvalue weighted by molar-refractivity contribution is 5.07. The number of hydrogen-bond acceptors (Lipinski definition) is 5. The van der Waals surface area contributed by atoms with Crippen molar-refractivity contribution in [3.63, 3.8) is 0 Å². The lowest BCUT2D eigenvalue weighted by molar-refractivity contribution is 0.0252. The number of aromatic nitrogens is 1. The van der Waals surface area contributed by atoms with Gasteiger partial charge in [0.15, 0.2) is 0 Å². The standard InChI is InChI=1S/C14H24N2O3/c1-13(14-5-3-4-6-16-14)15-7-8-18-11-12-19-10-9-17-2/h3-6,13,15H,7-12H2,1-2H3/t13-/m1/s1. The highest BCUT2D eigenvalue weighted by Gasteiger charge is 2.03. The van der Waals surface area contributed by atoms with Crippen molar-refractivity contribution in [1.29, 1.82) is 0 Å². The molecule has 0 aromatic carbocycles. The Morgan fingerprint density at radius 3 is 2.53 bits per heavy atom. The fourth-order valence-electron chi connectivity index (χ4n) is 1.55. The van der Waals surface area contributed by atoms with Crippen LogP contribution in [0, 0.1) is 0 Å². The Kier molecular flexibility index (Phi) is 9.18. The zero-order chi connectivity index (χ0) is 13.8. The summed E-state index contributed by atoms with van der Waals surface area (Å²) < 4.78 is 15.6. The first kappa shape index (κ1) is 16.0. The predicted octanol–water partition coefficient (Wildman–Crippen LogP) is 1.41. The third-order valence-corrected chi connectivity index (χ3v) is 2.63. The van der Waals surface area contributed by atoms with Gasteiger partial charge < -0.3 is 19.5 Å². The lowest BCUT2D eigenvalue weighted by atomic mass is 10.2. The average molecular weight is 268 g/mol. The van der Waals surface area contributed by atoms with Crippen molar-refractivity contribution in [3.05, 3.63) is 30.1 Å². The molecule has 0 fully saturated rings. The van der Waals surface area contributed by atoms with Gasteiger partial charge in [0, 0.05) is 25.9 Å². The zero-order valence-electron chi connectivity index (χ0n) is 11.8. The molecule has 0 aliphatic carbocycles. The molecule has 0 radical (unpaired) electrons. The van der Waals surface area contributed by atoms with Crippen molar-refractivity contribution in [3.8, 4) is 0 Å². The SMILES string of the molecule is COCCOCCOCCN[C@H](C)c1ccccn1. The summed E-state index contributed by atoms with van der Waals surface area (Å²) in [5.74, 6) is 0. The Morgan fingerprint density at radius 2 is 1.84 bits per heavy atom. The second-order valence-electron chi connectivity index (χ2n) is 4.15. The van der Waals surface area contributed by atoms with Crippen LogP contribution < -0.4 is 5.32 Å². The van der Waals surface area contributed by atoms with Gasteiger partial charge in [-0.1, -0.05) is 6.07 Å². The molecule has 0 aliphatic heterocycles. The first-order valence-corrected chi connectivity index (χ1v) is 6.63. The van der Waals surface area contributed by atoms with Gasteiger partial charge in [-0.2, -0.15) is 0 Å². The van der Waals surface area contributed by atoms with E-state index in [1.54, 1.807) is 13.3 Å². The summed E-state index contributed by atoms with van der Waals surface area (Å²) in [6, 6.07) is 6.17. The Hall–Kier alpha value is -1.01. The molecule has 0 spiro atoms. The topological polar surface area (TPSA) is 52.6 Å². The second-order valence-corrected chi connectivity index (χ2v) is 4.15. The molecule has 1 N–H and O–H groups in total. The van der Waals surface area contributed by atoms with Crippen molar-refractivity contribution in [2.24, 2.45) is 0 Å². The summed E-state index contributed by atoms with van der Waals surface area (Å²) in [6.45, 7) is 6.04. The van der Waals surface area contributed by atoms with Crippen LogP contribution in [-0.4, -0.2) is 51.7 Å². The van der Waals surface area contributed by atoms with Gasteiger partial charge in [-0.15, -0.1) is 0 Å². The number of methoxy groups -OCH3 is 1. The summed E-state index contributed by atoms with van der Waals surface area (Å²) in [4.78, 5) is 4.30. The Labute approximate surface area is 115 Å². The molecule has 0 amide bonds. The van der Waals surface area contributed by atoms with Crippen LogP contribution in [0.5, 0.6) is 0 Å². The molecule has 1 heterocycles. The van der Waals surface area contributed by atoms with Gasteiger partial charge in [0.1, 0.15) is 0 Å². The molecule has 0 bridgehead atoms. The third kappa shape index (κ3) is 7.89. The minimum absolute atomic E-state index is 0.239. The van der Waals surface area contributed by atoms with E-state index in [9.17, 15) is 0 Å². The molecule has 0 saturated carbocycles. The summed E-state index contributed by atoms with van der Waals surface area (Å²) in [7, 11) is 1.66. The van der Waals surface area contributed by atoms with Gasteiger partial charge in [0.25, 0.3) is 0 Å². The Morgan fingerprint density at radius 1 is 1.11 bits per heavy atom. The van der Waals surface area contributed by atoms with Gasteiger partial charge in [-0.25, -0.2) is 0 Å². The average Bonchev–Trinajstić information content (AvgIpc) is 2.46. The van der Waals surface area contributed by atoms with Crippen LogP contribution in [0.1, 0.15) is 18.7 Å². The molecular weight excluding hydrogens is 244 g/mol. The predicted molar refractivity (Wildman–Crippen MR) is 74.2 cm³/mol. The molecule has 5 heteroatoms. The maximum absolute atomic E-state index is 5.45. The van der Waals surface area contributed by atoms with E-state index in [2.05, 4.69) is 17.2 Å². The van der Waals surface area contributed by atoms with Crippen LogP contribution in [0.2, 0.25) is 0 Å². The van der Waals surface area contributed by atoms with E-state index in [1.165, 1.54) is 0 Å². The molecule has 5 nitrogen and oxygen atoms in total. The van der Waals surface area contributed by atoms with Crippen molar-refractivity contribution in [2.75, 3.05) is 46.7 Å². The van der Waals surface area contributed by atoms with Crippen LogP contribution >= 0.6 is 0 Å². The van der Waals surface area contributed by atoms with Gasteiger partial charge in [0.2, 0.25) is 0 Å². The number of ether oxygens (including phenoxy) is 3. The lowest BCUT2D eigenvalue weighted by Gasteiger charge is -2.13. The van der Waals surface area contributed by atoms with Gasteiger partial charge in [-0.3, -0.25) is 4.98 Å². The van der Waals surface area contributed by atoms with Crippen molar-refractivity contribution >= 4 is 0 Å². The largest absolute Gasteiger partial charge is 0.382 e. The van der Waals surface area contributed by atoms with Crippen molar-refractivity contribution in [2.45, 2.75) is 13.0 Å². The van der Waals surface area contributed by atoms with E-state index in [0.29, 0.717) is 33.0 Å². The second kappa shape index (κ2) is 10.9. The Balaban J connectivity index is 1.93. The number of pyridine rings is 1. The number of hydrogen-bond donors (Lipinski definition) is 1. The first-order chi connectivity index (χ1) is 9.34. The summed E-state index contributed by atoms with van der Waals surface area (Å²) in [5.41, 5.74) is 1.05. The van der Waals surface area contributed by atoms with Crippen LogP contribution in [0.4, 0.5) is 0 Å². The van der Waals surface area contributed by atoms with E-state index < -0.39 is 0 Å². The molecule has 19 heavy (non-hydrogen) atoms. The van der Waals surface area contributed by atoms with Gasteiger partial charge in [-0.05, 0) is 19.1 Å². The summed E-state index contributed by atoms with van der Waals surface area (Å²) in [6.07, 6.45) is 1.81. The zero-order valence-corrected chi connectivity index (χ0v) is 11.8. The molecule has 1 aromatic rings. The van der Waals surface area contributed by atoms with Crippen LogP contribution in [0.25, 0.3) is 0 Å². The highest BCUT2D eigenvalue weighted by atomic mass is 16.5. The molecule has 1 rings (SSSR count). The van der Waals surface area contributed by atoms with E-state index in [1.807, 2.05) is 18.2 Å². The Bertz CT molecular complexity index is 309. The normalized spacial score (nSPS) is 12.5. The molecule has 108 valence electrons. The number of rotatable bonds is 11. The number of nitrogens with zero attached hydrogens (tertiary/aromatic N) is 1. The van der Waals surface area contributed by atoms with E-state index in [4.69, 9.17) is 14.2 Å². The minimum atomic E-state index is 0.239. The summed E-state index contributed by atoms with van der Waals surface area (Å²) in [5, 5.41) is 3.36. The summed E-state index contributed by atoms with van der Waals surface area (Å²) >= 11 is 0. The molecule has 0 unspecified atom stereocenters. The highest BCUT2D eigenvalue weighted by Crippen LogP contribution is 2.06. The lowest BCUT2D eigenvalue weighted by Crippen LogP contribution is -2.24. The van der Waals surface area contributed by atoms with Gasteiger partial charge >= 0.3 is 0 Å². The third-order valence-electron chi connectivity index (χ3n) is 2.63. The van der Waals surface area contributed by atoms with Gasteiger partial charge in [0.05, 0.1) is 38.7 Å². The maximum Gasteiger partial charge on any atom is 0.0701 e. The first-order valence-electron chi connectivity index (χ1n) is 6.63. The smallest absolute Gasteiger partial charge is 0.0701 e. The number of nitrogens with one attached hydrogen (secondary N) is 1. The molecule has 0 saturated heterocycles. The quantitative estimate of drug-likeness (QED) is 0.615. The molecule has 1 aromatic heterocycles. The minimum Gasteiger partial charge on any atom is -0.382 e. The van der Waals surface area contributed by atoms with Crippen molar-refractivity contribution < 1.29 is 14.2 Å². The molecule has 0 aliphatic rings. The van der Waals surface area contributed by atoms with Crippen LogP contribution in [0.3, 0.4) is 0 Å². The van der Waals surface area contributed by atoms with Crippen LogP contribution in [0.15, 0.2) is 24.4 Å². The fraction of sp³-hybridized carbons (Fsp3) is 0.643. The van der Waals surface area contributed by atoms with E-state index in [-0.39, 0.29) is 6.04 Å². The molecular formula is C14H24N2O3.